The summed E-state index contributed by atoms with van der Waals surface area (Å²) in [4.78, 5) is 53.5. The Morgan fingerprint density at radius 1 is 1.17 bits per heavy atom. The van der Waals surface area contributed by atoms with Gasteiger partial charge in [0.2, 0.25) is 17.7 Å². The second kappa shape index (κ2) is 10.4. The predicted octanol–water partition coefficient (Wildman–Crippen LogP) is 2.32. The number of rotatable bonds is 10. The van der Waals surface area contributed by atoms with E-state index in [-0.39, 0.29) is 36.2 Å². The molecule has 3 N–H and O–H groups in total. The Morgan fingerprint density at radius 2 is 1.81 bits per heavy atom. The van der Waals surface area contributed by atoms with Crippen molar-refractivity contribution in [3.8, 4) is 6.07 Å². The lowest BCUT2D eigenvalue weighted by Gasteiger charge is -2.36. The molecule has 2 saturated heterocycles. The fourth-order valence-electron chi connectivity index (χ4n) is 6.91. The number of nitrogens with zero attached hydrogens (tertiary/aromatic N) is 2. The van der Waals surface area contributed by atoms with Crippen LogP contribution in [-0.4, -0.2) is 76.6 Å². The number of amides is 4. The van der Waals surface area contributed by atoms with E-state index in [1.807, 2.05) is 18.3 Å². The summed E-state index contributed by atoms with van der Waals surface area (Å²) < 4.78 is 46.1. The van der Waals surface area contributed by atoms with E-state index in [0.29, 0.717) is 6.42 Å². The van der Waals surface area contributed by atoms with Crippen LogP contribution in [0.5, 0.6) is 0 Å². The molecule has 0 aromatic rings. The van der Waals surface area contributed by atoms with Gasteiger partial charge in [0, 0.05) is 18.0 Å². The third-order valence-corrected chi connectivity index (χ3v) is 10.3. The van der Waals surface area contributed by atoms with Gasteiger partial charge in [-0.15, -0.1) is 0 Å². The SMILES string of the molecule is C[C@@H]1CN(C(=O)[C@@H](NC(=O)C(F)(F)F)[C@@H](C)OC2(C3CC3)CC2)[C@H](C(=O)N[C@H](C#N)C[C@@H]2CC3(CC3)NC2=O)C1(C)C. The second-order valence-corrected chi connectivity index (χ2v) is 13.8. The molecular formula is C29H40F3N5O5. The molecule has 0 unspecified atom stereocenters. The molecule has 0 bridgehead atoms. The van der Waals surface area contributed by atoms with Gasteiger partial charge in [0.25, 0.3) is 0 Å². The smallest absolute Gasteiger partial charge is 0.369 e. The number of carbonyl (C=O) groups is 4. The van der Waals surface area contributed by atoms with Gasteiger partial charge < -0.3 is 25.6 Å². The van der Waals surface area contributed by atoms with Crippen LogP contribution in [0.1, 0.15) is 79.1 Å². The van der Waals surface area contributed by atoms with Crippen LogP contribution in [0.25, 0.3) is 0 Å². The highest BCUT2D eigenvalue weighted by atomic mass is 19.4. The van der Waals surface area contributed by atoms with Crippen LogP contribution in [0.15, 0.2) is 0 Å². The Balaban J connectivity index is 1.34. The van der Waals surface area contributed by atoms with Gasteiger partial charge in [0.15, 0.2) is 0 Å². The quantitative estimate of drug-likeness (QED) is 0.354. The summed E-state index contributed by atoms with van der Waals surface area (Å²) in [6.45, 7) is 6.95. The van der Waals surface area contributed by atoms with Crippen LogP contribution in [0.3, 0.4) is 0 Å². The van der Waals surface area contributed by atoms with Crippen LogP contribution in [0.2, 0.25) is 0 Å². The van der Waals surface area contributed by atoms with Crippen molar-refractivity contribution in [1.29, 1.82) is 5.26 Å². The molecule has 5 rings (SSSR count). The number of ether oxygens (including phenoxy) is 1. The summed E-state index contributed by atoms with van der Waals surface area (Å²) >= 11 is 0. The molecule has 3 aliphatic carbocycles. The van der Waals surface area contributed by atoms with Crippen LogP contribution in [0.4, 0.5) is 13.2 Å². The molecule has 42 heavy (non-hydrogen) atoms. The summed E-state index contributed by atoms with van der Waals surface area (Å²) in [5.74, 6) is -4.24. The minimum atomic E-state index is -5.22. The van der Waals surface area contributed by atoms with Crippen LogP contribution in [0, 0.1) is 34.5 Å². The van der Waals surface area contributed by atoms with E-state index < -0.39 is 65.1 Å². The molecule has 2 heterocycles. The van der Waals surface area contributed by atoms with Gasteiger partial charge in [-0.05, 0) is 75.5 Å². The summed E-state index contributed by atoms with van der Waals surface area (Å²) in [7, 11) is 0. The number of nitrogens with one attached hydrogen (secondary N) is 3. The third kappa shape index (κ3) is 5.83. The third-order valence-electron chi connectivity index (χ3n) is 10.3. The normalized spacial score (nSPS) is 30.6. The fourth-order valence-corrected chi connectivity index (χ4v) is 6.91. The lowest BCUT2D eigenvalue weighted by molar-refractivity contribution is -0.177. The number of alkyl halides is 3. The zero-order chi connectivity index (χ0) is 30.8. The monoisotopic (exact) mass is 595 g/mol. The van der Waals surface area contributed by atoms with Crippen LogP contribution < -0.4 is 16.0 Å². The predicted molar refractivity (Wildman–Crippen MR) is 142 cm³/mol. The number of hydrogen-bond acceptors (Lipinski definition) is 6. The highest BCUT2D eigenvalue weighted by Crippen LogP contribution is 2.57. The maximum Gasteiger partial charge on any atom is 0.471 e. The summed E-state index contributed by atoms with van der Waals surface area (Å²) in [5, 5.41) is 17.3. The molecule has 1 spiro atoms. The maximum atomic E-state index is 14.0. The van der Waals surface area contributed by atoms with Crippen molar-refractivity contribution in [2.24, 2.45) is 23.2 Å². The Hall–Kier alpha value is -2.88. The van der Waals surface area contributed by atoms with Crippen molar-refractivity contribution in [2.75, 3.05) is 6.54 Å². The van der Waals surface area contributed by atoms with Crippen molar-refractivity contribution in [3.63, 3.8) is 0 Å². The van der Waals surface area contributed by atoms with Gasteiger partial charge in [-0.25, -0.2) is 0 Å². The highest BCUT2D eigenvalue weighted by Gasteiger charge is 2.59. The number of carbonyl (C=O) groups excluding carboxylic acids is 4. The van der Waals surface area contributed by atoms with E-state index in [4.69, 9.17) is 4.74 Å². The van der Waals surface area contributed by atoms with Gasteiger partial charge >= 0.3 is 12.1 Å². The number of nitriles is 1. The second-order valence-electron chi connectivity index (χ2n) is 13.8. The molecule has 2 aliphatic heterocycles. The van der Waals surface area contributed by atoms with Crippen molar-refractivity contribution in [3.05, 3.63) is 0 Å². The summed E-state index contributed by atoms with van der Waals surface area (Å²) in [6, 6.07) is -1.75. The van der Waals surface area contributed by atoms with Crippen molar-refractivity contribution in [2.45, 2.75) is 121 Å². The Labute approximate surface area is 243 Å². The van der Waals surface area contributed by atoms with E-state index >= 15 is 0 Å². The number of hydrogen-bond donors (Lipinski definition) is 3. The van der Waals surface area contributed by atoms with E-state index in [1.54, 1.807) is 13.8 Å². The molecule has 0 aromatic carbocycles. The first-order valence-electron chi connectivity index (χ1n) is 14.9. The van der Waals surface area contributed by atoms with E-state index in [0.717, 1.165) is 38.5 Å². The molecule has 13 heteroatoms. The van der Waals surface area contributed by atoms with Crippen LogP contribution in [-0.2, 0) is 23.9 Å². The van der Waals surface area contributed by atoms with Gasteiger partial charge in [-0.3, -0.25) is 19.2 Å². The first kappa shape index (κ1) is 30.6. The Bertz CT molecular complexity index is 1190. The average molecular weight is 596 g/mol. The Morgan fingerprint density at radius 3 is 2.31 bits per heavy atom. The van der Waals surface area contributed by atoms with Gasteiger partial charge in [-0.1, -0.05) is 20.8 Å². The average Bonchev–Trinajstić information content (AvgIpc) is 3.78. The zero-order valence-electron chi connectivity index (χ0n) is 24.5. The highest BCUT2D eigenvalue weighted by molar-refractivity contribution is 5.94. The first-order chi connectivity index (χ1) is 19.5. The van der Waals surface area contributed by atoms with E-state index in [1.165, 1.54) is 11.8 Å². The fraction of sp³-hybridized carbons (Fsp3) is 0.828. The number of halogens is 3. The zero-order valence-corrected chi connectivity index (χ0v) is 24.5. The standard InChI is InChI=1S/C29H40F3N5O5/c1-15-14-37(24(40)20(35-25(41)29(30,31)32)16(2)42-28(9-10-28)18-5-6-18)21(26(15,3)4)23(39)34-19(13-33)11-17-12-27(7-8-27)36-22(17)38/h15-21H,5-12,14H2,1-4H3,(H,34,39)(H,35,41)(H,36,38)/t15-,16-,17-,19+,20+,21-/m1/s1. The number of likely N-dealkylation sites (tertiary alicyclic amines) is 1. The topological polar surface area (TPSA) is 141 Å². The van der Waals surface area contributed by atoms with Crippen molar-refractivity contribution in [1.82, 2.24) is 20.9 Å². The first-order valence-corrected chi connectivity index (χ1v) is 14.9. The summed E-state index contributed by atoms with van der Waals surface area (Å²) in [6.07, 6.45) is -0.422. The molecule has 4 amide bonds. The van der Waals surface area contributed by atoms with Crippen molar-refractivity contribution >= 4 is 23.6 Å². The van der Waals surface area contributed by atoms with Crippen LogP contribution >= 0.6 is 0 Å². The lowest BCUT2D eigenvalue weighted by Crippen LogP contribution is -2.61. The molecule has 0 radical (unpaired) electrons. The Kier molecular flexibility index (Phi) is 7.56. The molecule has 3 saturated carbocycles. The largest absolute Gasteiger partial charge is 0.471 e. The molecular weight excluding hydrogens is 555 g/mol. The molecule has 5 aliphatic rings. The van der Waals surface area contributed by atoms with Crippen molar-refractivity contribution < 1.29 is 37.1 Å². The lowest BCUT2D eigenvalue weighted by atomic mass is 9.77. The molecule has 10 nitrogen and oxygen atoms in total. The minimum Gasteiger partial charge on any atom is -0.369 e. The summed E-state index contributed by atoms with van der Waals surface area (Å²) in [5.41, 5.74) is -1.48. The molecule has 0 aromatic heterocycles. The van der Waals surface area contributed by atoms with E-state index in [2.05, 4.69) is 10.6 Å². The van der Waals surface area contributed by atoms with Gasteiger partial charge in [0.05, 0.1) is 17.8 Å². The maximum absolute atomic E-state index is 14.0. The van der Waals surface area contributed by atoms with Gasteiger partial charge in [0.1, 0.15) is 18.1 Å². The van der Waals surface area contributed by atoms with E-state index in [9.17, 15) is 37.6 Å². The minimum absolute atomic E-state index is 0.0631. The molecule has 5 fully saturated rings. The van der Waals surface area contributed by atoms with Gasteiger partial charge in [-0.2, -0.15) is 18.4 Å². The molecule has 232 valence electrons. The molecule has 6 atom stereocenters.